The number of carbonyl (C=O) groups is 1. The smallest absolute Gasteiger partial charge is 0.338 e. The highest BCUT2D eigenvalue weighted by Crippen LogP contribution is 2.39. The van der Waals surface area contributed by atoms with Crippen LogP contribution in [0, 0.1) is 13.8 Å². The molecule has 0 amide bonds. The molecule has 2 aromatic carbocycles. The molecule has 7 heteroatoms. The quantitative estimate of drug-likeness (QED) is 0.343. The van der Waals surface area contributed by atoms with Crippen molar-refractivity contribution < 1.29 is 28.2 Å². The largest absolute Gasteiger partial charge is 0.490 e. The van der Waals surface area contributed by atoms with E-state index in [9.17, 15) is 9.59 Å². The van der Waals surface area contributed by atoms with Crippen molar-refractivity contribution in [1.82, 2.24) is 0 Å². The number of aryl methyl sites for hydroxylation is 2. The summed E-state index contributed by atoms with van der Waals surface area (Å²) in [6.45, 7) is 10.5. The summed E-state index contributed by atoms with van der Waals surface area (Å²) in [6.07, 6.45) is 0. The summed E-state index contributed by atoms with van der Waals surface area (Å²) in [7, 11) is 0. The van der Waals surface area contributed by atoms with Crippen LogP contribution in [0.1, 0.15) is 47.8 Å². The molecule has 0 atom stereocenters. The average Bonchev–Trinajstić information content (AvgIpc) is 2.77. The van der Waals surface area contributed by atoms with Crippen LogP contribution in [0.4, 0.5) is 0 Å². The van der Waals surface area contributed by atoms with Gasteiger partial charge in [0.05, 0.1) is 25.4 Å². The summed E-state index contributed by atoms with van der Waals surface area (Å²) in [4.78, 5) is 24.9. The summed E-state index contributed by atoms with van der Waals surface area (Å²) >= 11 is 0. The fourth-order valence-corrected chi connectivity index (χ4v) is 3.38. The third-order valence-electron chi connectivity index (χ3n) is 5.02. The van der Waals surface area contributed by atoms with Gasteiger partial charge in [0, 0.05) is 17.0 Å². The Morgan fingerprint density at radius 1 is 0.906 bits per heavy atom. The zero-order valence-corrected chi connectivity index (χ0v) is 19.1. The number of ether oxygens (including phenoxy) is 4. The number of fused-ring (bicyclic) bond motifs is 1. The lowest BCUT2D eigenvalue weighted by molar-refractivity contribution is 0.0472. The van der Waals surface area contributed by atoms with E-state index in [4.69, 9.17) is 23.4 Å². The van der Waals surface area contributed by atoms with Crippen molar-refractivity contribution in [3.8, 4) is 17.2 Å². The Hall–Kier alpha value is -3.48. The fourth-order valence-electron chi connectivity index (χ4n) is 3.38. The summed E-state index contributed by atoms with van der Waals surface area (Å²) in [5.74, 6) is 0.693. The van der Waals surface area contributed by atoms with Gasteiger partial charge in [-0.15, -0.1) is 0 Å². The zero-order valence-electron chi connectivity index (χ0n) is 19.1. The van der Waals surface area contributed by atoms with E-state index < -0.39 is 11.6 Å². The van der Waals surface area contributed by atoms with Gasteiger partial charge >= 0.3 is 11.6 Å². The molecule has 32 heavy (non-hydrogen) atoms. The Labute approximate surface area is 186 Å². The number of benzene rings is 2. The molecule has 1 heterocycles. The maximum atomic E-state index is 12.9. The van der Waals surface area contributed by atoms with Crippen molar-refractivity contribution in [3.05, 3.63) is 63.0 Å². The Bertz CT molecular complexity index is 1150. The lowest BCUT2D eigenvalue weighted by atomic mass is 10.0. The number of rotatable bonds is 9. The molecule has 0 unspecified atom stereocenters. The van der Waals surface area contributed by atoms with Gasteiger partial charge in [0.2, 0.25) is 5.75 Å². The molecule has 0 N–H and O–H groups in total. The molecule has 0 saturated heterocycles. The van der Waals surface area contributed by atoms with Crippen LogP contribution in [0.2, 0.25) is 0 Å². The monoisotopic (exact) mass is 440 g/mol. The summed E-state index contributed by atoms with van der Waals surface area (Å²) in [6, 6.07) is 8.30. The van der Waals surface area contributed by atoms with Crippen LogP contribution in [0.3, 0.4) is 0 Å². The second kappa shape index (κ2) is 10.2. The van der Waals surface area contributed by atoms with E-state index in [0.717, 1.165) is 16.5 Å². The van der Waals surface area contributed by atoms with Gasteiger partial charge in [-0.2, -0.15) is 0 Å². The molecule has 0 bridgehead atoms. The van der Waals surface area contributed by atoms with E-state index in [0.29, 0.717) is 48.2 Å². The van der Waals surface area contributed by atoms with Gasteiger partial charge in [0.15, 0.2) is 11.5 Å². The molecule has 0 aliphatic rings. The second-order valence-electron chi connectivity index (χ2n) is 7.15. The maximum absolute atomic E-state index is 12.9. The molecule has 7 nitrogen and oxygen atoms in total. The first-order valence-electron chi connectivity index (χ1n) is 10.7. The number of esters is 1. The summed E-state index contributed by atoms with van der Waals surface area (Å²) < 4.78 is 27.9. The predicted octanol–water partition coefficient (Wildman–Crippen LogP) is 4.96. The van der Waals surface area contributed by atoms with Crippen molar-refractivity contribution in [2.45, 2.75) is 41.2 Å². The van der Waals surface area contributed by atoms with Crippen molar-refractivity contribution in [3.63, 3.8) is 0 Å². The highest BCUT2D eigenvalue weighted by Gasteiger charge is 2.20. The van der Waals surface area contributed by atoms with E-state index >= 15 is 0 Å². The third kappa shape index (κ3) is 4.88. The Kier molecular flexibility index (Phi) is 7.41. The lowest BCUT2D eigenvalue weighted by Crippen LogP contribution is -2.10. The molecule has 1 aromatic heterocycles. The average molecular weight is 440 g/mol. The van der Waals surface area contributed by atoms with Gasteiger partial charge in [-0.3, -0.25) is 0 Å². The maximum Gasteiger partial charge on any atom is 0.338 e. The third-order valence-corrected chi connectivity index (χ3v) is 5.02. The molecular formula is C25H28O7. The van der Waals surface area contributed by atoms with Gasteiger partial charge in [-0.05, 0) is 57.9 Å². The minimum atomic E-state index is -0.569. The number of hydrogen-bond acceptors (Lipinski definition) is 7. The van der Waals surface area contributed by atoms with Crippen molar-refractivity contribution in [2.75, 3.05) is 19.8 Å². The van der Waals surface area contributed by atoms with Gasteiger partial charge in [0.25, 0.3) is 0 Å². The van der Waals surface area contributed by atoms with Crippen molar-refractivity contribution in [1.29, 1.82) is 0 Å². The van der Waals surface area contributed by atoms with E-state index in [-0.39, 0.29) is 12.2 Å². The minimum Gasteiger partial charge on any atom is -0.490 e. The molecule has 0 saturated carbocycles. The van der Waals surface area contributed by atoms with E-state index in [1.54, 1.807) is 12.1 Å². The van der Waals surface area contributed by atoms with Crippen LogP contribution in [0.15, 0.2) is 39.5 Å². The van der Waals surface area contributed by atoms with E-state index in [1.165, 1.54) is 6.07 Å². The standard InChI is InChI=1S/C25H28O7/c1-6-28-20-11-17(12-21(29-7-2)24(20)30-8-3)25(27)31-14-18-13-22(26)32-23-16(5)15(4)9-10-19(18)23/h9-13H,6-8,14H2,1-5H3. The number of hydrogen-bond donors (Lipinski definition) is 0. The molecule has 0 aliphatic heterocycles. The molecular weight excluding hydrogens is 412 g/mol. The summed E-state index contributed by atoms with van der Waals surface area (Å²) in [5, 5.41) is 0.734. The first kappa shape index (κ1) is 23.2. The molecule has 170 valence electrons. The predicted molar refractivity (Wildman–Crippen MR) is 121 cm³/mol. The SMILES string of the molecule is CCOc1cc(C(=O)OCc2cc(=O)oc3c(C)c(C)ccc23)cc(OCC)c1OCC. The Morgan fingerprint density at radius 2 is 1.53 bits per heavy atom. The van der Waals surface area contributed by atoms with Crippen LogP contribution < -0.4 is 19.8 Å². The van der Waals surface area contributed by atoms with Crippen LogP contribution in [0.25, 0.3) is 11.0 Å². The first-order valence-corrected chi connectivity index (χ1v) is 10.7. The lowest BCUT2D eigenvalue weighted by Gasteiger charge is -2.17. The molecule has 3 rings (SSSR count). The summed E-state index contributed by atoms with van der Waals surface area (Å²) in [5.41, 5.74) is 2.74. The van der Waals surface area contributed by atoms with Crippen LogP contribution in [-0.4, -0.2) is 25.8 Å². The van der Waals surface area contributed by atoms with Crippen molar-refractivity contribution in [2.24, 2.45) is 0 Å². The van der Waals surface area contributed by atoms with E-state index in [2.05, 4.69) is 0 Å². The molecule has 0 aliphatic carbocycles. The highest BCUT2D eigenvalue weighted by atomic mass is 16.5. The van der Waals surface area contributed by atoms with Crippen LogP contribution in [-0.2, 0) is 11.3 Å². The zero-order chi connectivity index (χ0) is 23.3. The van der Waals surface area contributed by atoms with Crippen LogP contribution in [0.5, 0.6) is 17.2 Å². The van der Waals surface area contributed by atoms with Gasteiger partial charge in [0.1, 0.15) is 12.2 Å². The molecule has 0 radical (unpaired) electrons. The van der Waals surface area contributed by atoms with Gasteiger partial charge in [-0.25, -0.2) is 9.59 Å². The van der Waals surface area contributed by atoms with Crippen LogP contribution >= 0.6 is 0 Å². The van der Waals surface area contributed by atoms with Gasteiger partial charge in [-0.1, -0.05) is 12.1 Å². The Balaban J connectivity index is 1.92. The fraction of sp³-hybridized carbons (Fsp3) is 0.360. The Morgan fingerprint density at radius 3 is 2.12 bits per heavy atom. The van der Waals surface area contributed by atoms with E-state index in [1.807, 2.05) is 46.8 Å². The second-order valence-corrected chi connectivity index (χ2v) is 7.15. The first-order chi connectivity index (χ1) is 15.4. The molecule has 0 fully saturated rings. The molecule has 0 spiro atoms. The normalized spacial score (nSPS) is 10.8. The van der Waals surface area contributed by atoms with Gasteiger partial charge < -0.3 is 23.4 Å². The number of carbonyl (C=O) groups excluding carboxylic acids is 1. The minimum absolute atomic E-state index is 0.0788. The highest BCUT2D eigenvalue weighted by molar-refractivity contribution is 5.91. The topological polar surface area (TPSA) is 84.2 Å². The molecule has 3 aromatic rings. The van der Waals surface area contributed by atoms with Crippen molar-refractivity contribution >= 4 is 16.9 Å².